The number of quaternary nitrogens is 1. The highest BCUT2D eigenvalue weighted by Gasteiger charge is 2.13. The lowest BCUT2D eigenvalue weighted by Crippen LogP contribution is -3.10. The standard InChI is InChI=1S/C13H19N3OS/c1-5-16(6-2)7-10-14-12(17)11-8(3)9(4)18-13(11)15-10/h5-7H2,1-4H3,(H,14,15,17)/p+1. The van der Waals surface area contributed by atoms with Crippen molar-refractivity contribution in [2.24, 2.45) is 0 Å². The maximum absolute atomic E-state index is 12.1. The quantitative estimate of drug-likeness (QED) is 0.868. The molecule has 2 aromatic heterocycles. The van der Waals surface area contributed by atoms with Crippen LogP contribution in [0.3, 0.4) is 0 Å². The number of aromatic nitrogens is 2. The lowest BCUT2D eigenvalue weighted by molar-refractivity contribution is -0.910. The summed E-state index contributed by atoms with van der Waals surface area (Å²) in [6.07, 6.45) is 0. The summed E-state index contributed by atoms with van der Waals surface area (Å²) < 4.78 is 0. The number of hydrogen-bond acceptors (Lipinski definition) is 3. The van der Waals surface area contributed by atoms with Crippen molar-refractivity contribution in [3.05, 3.63) is 26.6 Å². The van der Waals surface area contributed by atoms with Crippen LogP contribution in [0.15, 0.2) is 4.79 Å². The van der Waals surface area contributed by atoms with Gasteiger partial charge in [0.15, 0.2) is 5.82 Å². The number of hydrogen-bond donors (Lipinski definition) is 2. The third-order valence-corrected chi connectivity index (χ3v) is 4.61. The first-order chi connectivity index (χ1) is 8.56. The van der Waals surface area contributed by atoms with Crippen LogP contribution in [0.1, 0.15) is 30.1 Å². The van der Waals surface area contributed by atoms with Gasteiger partial charge in [-0.1, -0.05) is 0 Å². The minimum Gasteiger partial charge on any atom is -0.329 e. The number of aryl methyl sites for hydroxylation is 2. The Labute approximate surface area is 111 Å². The van der Waals surface area contributed by atoms with Gasteiger partial charge in [0.05, 0.1) is 18.5 Å². The maximum Gasteiger partial charge on any atom is 0.260 e. The highest BCUT2D eigenvalue weighted by atomic mass is 32.1. The second-order valence-electron chi connectivity index (χ2n) is 4.61. The second-order valence-corrected chi connectivity index (χ2v) is 5.81. The molecule has 0 fully saturated rings. The van der Waals surface area contributed by atoms with E-state index in [1.807, 2.05) is 13.8 Å². The normalized spacial score (nSPS) is 11.6. The first-order valence-electron chi connectivity index (χ1n) is 6.39. The third kappa shape index (κ3) is 2.33. The fraction of sp³-hybridized carbons (Fsp3) is 0.538. The Balaban J connectivity index is 2.46. The minimum atomic E-state index is 0.00315. The van der Waals surface area contributed by atoms with Crippen LogP contribution in [-0.2, 0) is 6.54 Å². The molecule has 2 aromatic rings. The first-order valence-corrected chi connectivity index (χ1v) is 7.20. The van der Waals surface area contributed by atoms with E-state index >= 15 is 0 Å². The molecule has 18 heavy (non-hydrogen) atoms. The van der Waals surface area contributed by atoms with Gasteiger partial charge < -0.3 is 9.88 Å². The Morgan fingerprint density at radius 3 is 2.56 bits per heavy atom. The lowest BCUT2D eigenvalue weighted by Gasteiger charge is -2.14. The molecule has 0 unspecified atom stereocenters. The fourth-order valence-electron chi connectivity index (χ4n) is 2.12. The van der Waals surface area contributed by atoms with Gasteiger partial charge in [-0.3, -0.25) is 4.79 Å². The molecule has 0 atom stereocenters. The number of rotatable bonds is 4. The number of thiophene rings is 1. The maximum atomic E-state index is 12.1. The molecular formula is C13H20N3OS+. The molecule has 0 amide bonds. The Bertz CT molecular complexity index is 610. The van der Waals surface area contributed by atoms with Gasteiger partial charge in [0.25, 0.3) is 5.56 Å². The van der Waals surface area contributed by atoms with Gasteiger partial charge in [-0.25, -0.2) is 4.98 Å². The minimum absolute atomic E-state index is 0.00315. The van der Waals surface area contributed by atoms with Crippen molar-refractivity contribution in [3.8, 4) is 0 Å². The fourth-order valence-corrected chi connectivity index (χ4v) is 3.17. The molecule has 0 bridgehead atoms. The molecule has 0 saturated carbocycles. The van der Waals surface area contributed by atoms with Gasteiger partial charge >= 0.3 is 0 Å². The average Bonchev–Trinajstić information content (AvgIpc) is 2.62. The summed E-state index contributed by atoms with van der Waals surface area (Å²) >= 11 is 1.61. The third-order valence-electron chi connectivity index (χ3n) is 3.51. The molecule has 0 aliphatic carbocycles. The molecule has 0 radical (unpaired) electrons. The van der Waals surface area contributed by atoms with Crippen LogP contribution in [0.4, 0.5) is 0 Å². The number of fused-ring (bicyclic) bond motifs is 1. The zero-order valence-corrected chi connectivity index (χ0v) is 12.2. The van der Waals surface area contributed by atoms with Crippen LogP contribution in [-0.4, -0.2) is 23.1 Å². The summed E-state index contributed by atoms with van der Waals surface area (Å²) in [6.45, 7) is 11.2. The Morgan fingerprint density at radius 2 is 1.94 bits per heavy atom. The van der Waals surface area contributed by atoms with Crippen LogP contribution in [0.25, 0.3) is 10.2 Å². The number of nitrogens with zero attached hydrogens (tertiary/aromatic N) is 1. The smallest absolute Gasteiger partial charge is 0.260 e. The van der Waals surface area contributed by atoms with Gasteiger partial charge in [0, 0.05) is 4.88 Å². The van der Waals surface area contributed by atoms with E-state index in [4.69, 9.17) is 0 Å². The Kier molecular flexibility index (Phi) is 3.82. The van der Waals surface area contributed by atoms with Gasteiger partial charge in [0.2, 0.25) is 0 Å². The summed E-state index contributed by atoms with van der Waals surface area (Å²) in [4.78, 5) is 23.1. The molecule has 98 valence electrons. The summed E-state index contributed by atoms with van der Waals surface area (Å²) in [7, 11) is 0. The Hall–Kier alpha value is -1.20. The summed E-state index contributed by atoms with van der Waals surface area (Å²) in [6, 6.07) is 0. The zero-order valence-electron chi connectivity index (χ0n) is 11.4. The predicted molar refractivity (Wildman–Crippen MR) is 75.5 cm³/mol. The van der Waals surface area contributed by atoms with Gasteiger partial charge in [-0.15, -0.1) is 11.3 Å². The van der Waals surface area contributed by atoms with Crippen LogP contribution in [0, 0.1) is 13.8 Å². The van der Waals surface area contributed by atoms with Gasteiger partial charge in [-0.2, -0.15) is 0 Å². The van der Waals surface area contributed by atoms with Crippen molar-refractivity contribution in [2.45, 2.75) is 34.2 Å². The molecule has 0 spiro atoms. The van der Waals surface area contributed by atoms with Crippen molar-refractivity contribution < 1.29 is 4.90 Å². The van der Waals surface area contributed by atoms with Crippen molar-refractivity contribution >= 4 is 21.6 Å². The van der Waals surface area contributed by atoms with E-state index in [1.165, 1.54) is 9.78 Å². The molecule has 2 heterocycles. The monoisotopic (exact) mass is 266 g/mol. The Morgan fingerprint density at radius 1 is 1.28 bits per heavy atom. The highest BCUT2D eigenvalue weighted by Crippen LogP contribution is 2.25. The number of nitrogens with one attached hydrogen (secondary N) is 2. The van der Waals surface area contributed by atoms with E-state index in [-0.39, 0.29) is 5.56 Å². The van der Waals surface area contributed by atoms with E-state index in [2.05, 4.69) is 23.8 Å². The zero-order chi connectivity index (χ0) is 13.3. The van der Waals surface area contributed by atoms with E-state index in [0.717, 1.165) is 41.2 Å². The SMILES string of the molecule is CC[NH+](CC)Cc1nc2sc(C)c(C)c2c(=O)[nH]1. The molecule has 0 aliphatic heterocycles. The summed E-state index contributed by atoms with van der Waals surface area (Å²) in [5.74, 6) is 0.799. The molecule has 0 aliphatic rings. The summed E-state index contributed by atoms with van der Waals surface area (Å²) in [5, 5.41) is 0.760. The lowest BCUT2D eigenvalue weighted by atomic mass is 10.2. The van der Waals surface area contributed by atoms with Crippen molar-refractivity contribution in [3.63, 3.8) is 0 Å². The van der Waals surface area contributed by atoms with Crippen LogP contribution >= 0.6 is 11.3 Å². The van der Waals surface area contributed by atoms with Crippen LogP contribution < -0.4 is 10.5 Å². The molecule has 2 rings (SSSR count). The second kappa shape index (κ2) is 5.20. The molecular weight excluding hydrogens is 246 g/mol. The molecule has 5 heteroatoms. The molecule has 0 saturated heterocycles. The summed E-state index contributed by atoms with van der Waals surface area (Å²) in [5.41, 5.74) is 1.06. The highest BCUT2D eigenvalue weighted by molar-refractivity contribution is 7.18. The topological polar surface area (TPSA) is 50.2 Å². The first kappa shape index (κ1) is 13.2. The van der Waals surface area contributed by atoms with Gasteiger partial charge in [0.1, 0.15) is 11.4 Å². The molecule has 2 N–H and O–H groups in total. The van der Waals surface area contributed by atoms with E-state index in [1.54, 1.807) is 11.3 Å². The molecule has 4 nitrogen and oxygen atoms in total. The van der Waals surface area contributed by atoms with Crippen molar-refractivity contribution in [1.82, 2.24) is 9.97 Å². The molecule has 0 aromatic carbocycles. The van der Waals surface area contributed by atoms with Crippen molar-refractivity contribution in [1.29, 1.82) is 0 Å². The van der Waals surface area contributed by atoms with Crippen LogP contribution in [0.5, 0.6) is 0 Å². The van der Waals surface area contributed by atoms with E-state index < -0.39 is 0 Å². The van der Waals surface area contributed by atoms with Crippen LogP contribution in [0.2, 0.25) is 0 Å². The number of H-pyrrole nitrogens is 1. The van der Waals surface area contributed by atoms with E-state index in [0.29, 0.717) is 0 Å². The predicted octanol–water partition coefficient (Wildman–Crippen LogP) is 1.03. The van der Waals surface area contributed by atoms with E-state index in [9.17, 15) is 4.79 Å². The average molecular weight is 266 g/mol. The van der Waals surface area contributed by atoms with Gasteiger partial charge in [-0.05, 0) is 33.3 Å². The number of aromatic amines is 1. The van der Waals surface area contributed by atoms with Crippen molar-refractivity contribution in [2.75, 3.05) is 13.1 Å². The largest absolute Gasteiger partial charge is 0.329 e.